The summed E-state index contributed by atoms with van der Waals surface area (Å²) in [6.45, 7) is 4.36. The third kappa shape index (κ3) is 6.45. The van der Waals surface area contributed by atoms with E-state index >= 15 is 0 Å². The van der Waals surface area contributed by atoms with Crippen LogP contribution < -0.4 is 10.6 Å². The molecule has 1 heterocycles. The Kier molecular flexibility index (Phi) is 8.99. The second-order valence-corrected chi connectivity index (χ2v) is 8.35. The van der Waals surface area contributed by atoms with Gasteiger partial charge in [0, 0.05) is 32.1 Å². The zero-order chi connectivity index (χ0) is 21.2. The number of aryl methyl sites for hydroxylation is 1. The number of guanidine groups is 1. The fraction of sp³-hybridized carbons (Fsp3) is 0.591. The van der Waals surface area contributed by atoms with Crippen molar-refractivity contribution in [2.45, 2.75) is 63.1 Å². The molecule has 0 spiro atoms. The Morgan fingerprint density at radius 2 is 1.93 bits per heavy atom. The van der Waals surface area contributed by atoms with Gasteiger partial charge in [-0.15, -0.1) is 10.2 Å². The third-order valence-electron chi connectivity index (χ3n) is 5.40. The van der Waals surface area contributed by atoms with Crippen LogP contribution in [0.3, 0.4) is 0 Å². The number of hydrogen-bond donors (Lipinski definition) is 2. The minimum Gasteiger partial charge on any atom is -0.357 e. The molecule has 0 amide bonds. The summed E-state index contributed by atoms with van der Waals surface area (Å²) in [4.78, 5) is 4.70. The topological polar surface area (TPSA) is 67.1 Å². The molecule has 164 valence electrons. The molecule has 2 N–H and O–H groups in total. The number of halogens is 1. The van der Waals surface area contributed by atoms with Crippen LogP contribution in [0, 0.1) is 5.82 Å². The minimum atomic E-state index is -0.199. The predicted molar refractivity (Wildman–Crippen MR) is 122 cm³/mol. The van der Waals surface area contributed by atoms with Crippen LogP contribution in [-0.4, -0.2) is 46.6 Å². The lowest BCUT2D eigenvalue weighted by Crippen LogP contribution is -2.38. The quantitative estimate of drug-likeness (QED) is 0.257. The fourth-order valence-corrected chi connectivity index (χ4v) is 4.47. The normalized spacial score (nSPS) is 15.0. The van der Waals surface area contributed by atoms with Crippen molar-refractivity contribution >= 4 is 17.7 Å². The Hall–Kier alpha value is -2.09. The fourth-order valence-electron chi connectivity index (χ4n) is 3.89. The highest BCUT2D eigenvalue weighted by molar-refractivity contribution is 7.98. The first-order chi connectivity index (χ1) is 14.7. The molecule has 0 bridgehead atoms. The minimum absolute atomic E-state index is 0.199. The van der Waals surface area contributed by atoms with Crippen molar-refractivity contribution in [1.82, 2.24) is 25.4 Å². The van der Waals surface area contributed by atoms with Gasteiger partial charge in [0.05, 0.1) is 0 Å². The van der Waals surface area contributed by atoms with Crippen LogP contribution in [0.15, 0.2) is 34.4 Å². The Labute approximate surface area is 183 Å². The Morgan fingerprint density at radius 3 is 2.63 bits per heavy atom. The maximum Gasteiger partial charge on any atom is 0.191 e. The Morgan fingerprint density at radius 1 is 1.17 bits per heavy atom. The molecule has 0 unspecified atom stereocenters. The molecular formula is C22H33FN6S. The molecule has 1 saturated carbocycles. The number of aromatic nitrogens is 3. The van der Waals surface area contributed by atoms with Gasteiger partial charge < -0.3 is 15.2 Å². The van der Waals surface area contributed by atoms with Crippen molar-refractivity contribution in [3.63, 3.8) is 0 Å². The molecular weight excluding hydrogens is 399 g/mol. The first kappa shape index (κ1) is 22.6. The van der Waals surface area contributed by atoms with E-state index in [9.17, 15) is 4.39 Å². The van der Waals surface area contributed by atoms with Gasteiger partial charge in [0.2, 0.25) is 0 Å². The monoisotopic (exact) mass is 432 g/mol. The average Bonchev–Trinajstić information content (AvgIpc) is 3.41. The maximum absolute atomic E-state index is 13.0. The first-order valence-corrected chi connectivity index (χ1v) is 12.2. The van der Waals surface area contributed by atoms with E-state index in [1.54, 1.807) is 11.8 Å². The lowest BCUT2D eigenvalue weighted by atomic mass is 10.1. The van der Waals surface area contributed by atoms with Gasteiger partial charge in [-0.25, -0.2) is 4.39 Å². The van der Waals surface area contributed by atoms with Crippen LogP contribution in [0.5, 0.6) is 0 Å². The van der Waals surface area contributed by atoms with E-state index in [0.717, 1.165) is 61.4 Å². The zero-order valence-corrected chi connectivity index (χ0v) is 18.8. The SMILES string of the molecule is CCNC(=NCCCc1nnc(SC)n1C1CCCC1)NCCc1ccc(F)cc1. The summed E-state index contributed by atoms with van der Waals surface area (Å²) in [5.74, 6) is 1.72. The van der Waals surface area contributed by atoms with Gasteiger partial charge in [-0.2, -0.15) is 0 Å². The van der Waals surface area contributed by atoms with Gasteiger partial charge in [0.25, 0.3) is 0 Å². The number of benzene rings is 1. The van der Waals surface area contributed by atoms with Crippen LogP contribution in [-0.2, 0) is 12.8 Å². The number of nitrogens with one attached hydrogen (secondary N) is 2. The highest BCUT2D eigenvalue weighted by Crippen LogP contribution is 2.33. The van der Waals surface area contributed by atoms with Gasteiger partial charge in [0.1, 0.15) is 11.6 Å². The smallest absolute Gasteiger partial charge is 0.191 e. The Bertz CT molecular complexity index is 798. The second-order valence-electron chi connectivity index (χ2n) is 7.58. The molecule has 0 atom stereocenters. The van der Waals surface area contributed by atoms with Gasteiger partial charge in [-0.1, -0.05) is 36.7 Å². The molecule has 0 saturated heterocycles. The molecule has 2 aromatic rings. The lowest BCUT2D eigenvalue weighted by molar-refractivity contribution is 0.461. The molecule has 3 rings (SSSR count). The van der Waals surface area contributed by atoms with Crippen molar-refractivity contribution in [2.75, 3.05) is 25.9 Å². The van der Waals surface area contributed by atoms with Gasteiger partial charge in [-0.3, -0.25) is 4.99 Å². The van der Waals surface area contributed by atoms with E-state index in [1.165, 1.54) is 37.8 Å². The first-order valence-electron chi connectivity index (χ1n) is 11.0. The van der Waals surface area contributed by atoms with Crippen molar-refractivity contribution in [3.05, 3.63) is 41.5 Å². The third-order valence-corrected chi connectivity index (χ3v) is 6.04. The van der Waals surface area contributed by atoms with Crippen LogP contribution in [0.4, 0.5) is 4.39 Å². The summed E-state index contributed by atoms with van der Waals surface area (Å²) in [6, 6.07) is 7.21. The number of aliphatic imine (C=N–C) groups is 1. The summed E-state index contributed by atoms with van der Waals surface area (Å²) in [5, 5.41) is 16.5. The Balaban J connectivity index is 1.48. The van der Waals surface area contributed by atoms with E-state index in [0.29, 0.717) is 6.04 Å². The molecule has 0 aliphatic heterocycles. The molecule has 6 nitrogen and oxygen atoms in total. The largest absolute Gasteiger partial charge is 0.357 e. The van der Waals surface area contributed by atoms with Crippen molar-refractivity contribution in [1.29, 1.82) is 0 Å². The van der Waals surface area contributed by atoms with Crippen LogP contribution in [0.1, 0.15) is 56.5 Å². The van der Waals surface area contributed by atoms with Gasteiger partial charge in [-0.05, 0) is 56.6 Å². The van der Waals surface area contributed by atoms with E-state index in [4.69, 9.17) is 4.99 Å². The van der Waals surface area contributed by atoms with Crippen LogP contribution in [0.2, 0.25) is 0 Å². The molecule has 1 aromatic carbocycles. The molecule has 1 aliphatic carbocycles. The molecule has 1 aromatic heterocycles. The van der Waals surface area contributed by atoms with Crippen molar-refractivity contribution in [3.8, 4) is 0 Å². The lowest BCUT2D eigenvalue weighted by Gasteiger charge is -2.16. The number of hydrogen-bond acceptors (Lipinski definition) is 4. The second kappa shape index (κ2) is 11.9. The molecule has 0 radical (unpaired) electrons. The summed E-state index contributed by atoms with van der Waals surface area (Å²) >= 11 is 1.68. The zero-order valence-electron chi connectivity index (χ0n) is 18.0. The van der Waals surface area contributed by atoms with E-state index in [-0.39, 0.29) is 5.82 Å². The average molecular weight is 433 g/mol. The number of rotatable bonds is 10. The molecule has 1 fully saturated rings. The van der Waals surface area contributed by atoms with E-state index in [2.05, 4.69) is 38.6 Å². The maximum atomic E-state index is 13.0. The number of thioether (sulfide) groups is 1. The summed E-state index contributed by atoms with van der Waals surface area (Å²) < 4.78 is 15.4. The standard InChI is InChI=1S/C22H33FN6S/c1-3-24-21(26-16-14-17-10-12-18(23)13-11-17)25-15-6-9-20-27-28-22(30-2)29(20)19-7-4-5-8-19/h10-13,19H,3-9,14-16H2,1-2H3,(H2,24,25,26). The van der Waals surface area contributed by atoms with Gasteiger partial charge in [0.15, 0.2) is 11.1 Å². The summed E-state index contributed by atoms with van der Waals surface area (Å²) in [6.07, 6.45) is 9.80. The van der Waals surface area contributed by atoms with Crippen LogP contribution >= 0.6 is 11.8 Å². The van der Waals surface area contributed by atoms with Crippen molar-refractivity contribution in [2.24, 2.45) is 4.99 Å². The van der Waals surface area contributed by atoms with E-state index in [1.807, 2.05) is 12.1 Å². The van der Waals surface area contributed by atoms with E-state index < -0.39 is 0 Å². The molecule has 1 aliphatic rings. The highest BCUT2D eigenvalue weighted by atomic mass is 32.2. The van der Waals surface area contributed by atoms with Crippen LogP contribution in [0.25, 0.3) is 0 Å². The summed E-state index contributed by atoms with van der Waals surface area (Å²) in [5.41, 5.74) is 1.11. The number of nitrogens with zero attached hydrogens (tertiary/aromatic N) is 4. The summed E-state index contributed by atoms with van der Waals surface area (Å²) in [7, 11) is 0. The highest BCUT2D eigenvalue weighted by Gasteiger charge is 2.23. The predicted octanol–water partition coefficient (Wildman–Crippen LogP) is 3.98. The van der Waals surface area contributed by atoms with Gasteiger partial charge >= 0.3 is 0 Å². The molecule has 8 heteroatoms. The molecule has 30 heavy (non-hydrogen) atoms. The van der Waals surface area contributed by atoms with Crippen molar-refractivity contribution < 1.29 is 4.39 Å².